The summed E-state index contributed by atoms with van der Waals surface area (Å²) >= 11 is 0. The molecular formula is C16H17FN2. The number of nitrogens with two attached hydrogens (primary N) is 1. The Bertz CT molecular complexity index is 582. The van der Waals surface area contributed by atoms with Crippen LogP contribution in [0.3, 0.4) is 0 Å². The molecular weight excluding hydrogens is 239 g/mol. The Hall–Kier alpha value is -2.16. The number of nitrogens with zero attached hydrogens (tertiary/aromatic N) is 1. The van der Waals surface area contributed by atoms with Gasteiger partial charge in [0.15, 0.2) is 0 Å². The standard InChI is InChI=1S/C16H17FN2/c1-3-12-7-8-13(9-14(12)10-19-18)16-11(2)5-4-6-15(16)17/h3-5,7-10,15H,1,6,18H2,2H3/b19-10-. The van der Waals surface area contributed by atoms with Crippen LogP contribution in [0.15, 0.2) is 47.6 Å². The van der Waals surface area contributed by atoms with E-state index in [0.717, 1.165) is 27.8 Å². The molecule has 0 amide bonds. The lowest BCUT2D eigenvalue weighted by Crippen LogP contribution is -2.08. The second kappa shape index (κ2) is 5.65. The number of halogens is 1. The van der Waals surface area contributed by atoms with Crippen LogP contribution in [0, 0.1) is 0 Å². The van der Waals surface area contributed by atoms with Crippen molar-refractivity contribution in [3.63, 3.8) is 0 Å². The molecule has 0 saturated heterocycles. The summed E-state index contributed by atoms with van der Waals surface area (Å²) in [5.41, 5.74) is 4.34. The monoisotopic (exact) mass is 256 g/mol. The number of allylic oxidation sites excluding steroid dienone is 4. The number of rotatable bonds is 3. The highest BCUT2D eigenvalue weighted by Gasteiger charge is 2.19. The topological polar surface area (TPSA) is 38.4 Å². The Kier molecular flexibility index (Phi) is 3.95. The van der Waals surface area contributed by atoms with Crippen molar-refractivity contribution < 1.29 is 4.39 Å². The van der Waals surface area contributed by atoms with Gasteiger partial charge in [-0.25, -0.2) is 4.39 Å². The largest absolute Gasteiger partial charge is 0.323 e. The summed E-state index contributed by atoms with van der Waals surface area (Å²) in [6, 6.07) is 5.72. The molecule has 0 spiro atoms. The van der Waals surface area contributed by atoms with Gasteiger partial charge < -0.3 is 5.84 Å². The zero-order chi connectivity index (χ0) is 13.8. The van der Waals surface area contributed by atoms with E-state index in [2.05, 4.69) is 11.7 Å². The summed E-state index contributed by atoms with van der Waals surface area (Å²) in [6.45, 7) is 5.67. The van der Waals surface area contributed by atoms with E-state index in [1.165, 1.54) is 0 Å². The fourth-order valence-electron chi connectivity index (χ4n) is 2.35. The molecule has 1 atom stereocenters. The lowest BCUT2D eigenvalue weighted by atomic mass is 9.89. The maximum absolute atomic E-state index is 14.1. The molecule has 0 heterocycles. The Morgan fingerprint density at radius 2 is 2.21 bits per heavy atom. The van der Waals surface area contributed by atoms with Crippen LogP contribution in [0.1, 0.15) is 30.0 Å². The van der Waals surface area contributed by atoms with E-state index < -0.39 is 6.17 Å². The minimum absolute atomic E-state index is 0.427. The smallest absolute Gasteiger partial charge is 0.129 e. The van der Waals surface area contributed by atoms with Crippen molar-refractivity contribution in [1.29, 1.82) is 0 Å². The van der Waals surface area contributed by atoms with Crippen LogP contribution < -0.4 is 5.84 Å². The van der Waals surface area contributed by atoms with E-state index in [1.807, 2.05) is 37.3 Å². The predicted molar refractivity (Wildman–Crippen MR) is 79.6 cm³/mol. The van der Waals surface area contributed by atoms with Crippen LogP contribution >= 0.6 is 0 Å². The third kappa shape index (κ3) is 2.65. The van der Waals surface area contributed by atoms with E-state index in [1.54, 1.807) is 12.3 Å². The number of hydrazone groups is 1. The Morgan fingerprint density at radius 3 is 2.84 bits per heavy atom. The number of benzene rings is 1. The number of hydrogen-bond acceptors (Lipinski definition) is 2. The van der Waals surface area contributed by atoms with Crippen molar-refractivity contribution >= 4 is 17.9 Å². The first-order chi connectivity index (χ1) is 9.17. The summed E-state index contributed by atoms with van der Waals surface area (Å²) in [4.78, 5) is 0. The molecule has 1 aliphatic carbocycles. The molecule has 1 aromatic carbocycles. The second-order valence-corrected chi connectivity index (χ2v) is 4.53. The Balaban J connectivity index is 2.54. The summed E-state index contributed by atoms with van der Waals surface area (Å²) in [5.74, 6) is 5.21. The van der Waals surface area contributed by atoms with Crippen molar-refractivity contribution in [3.8, 4) is 0 Å². The summed E-state index contributed by atoms with van der Waals surface area (Å²) in [7, 11) is 0. The van der Waals surface area contributed by atoms with Gasteiger partial charge in [0.1, 0.15) is 6.17 Å². The van der Waals surface area contributed by atoms with E-state index in [4.69, 9.17) is 5.84 Å². The van der Waals surface area contributed by atoms with Gasteiger partial charge in [-0.1, -0.05) is 36.9 Å². The average Bonchev–Trinajstić information content (AvgIpc) is 2.39. The number of alkyl halides is 1. The SMILES string of the molecule is C=Cc1ccc(C2=C(C)C=CCC2F)cc1/C=N\N. The van der Waals surface area contributed by atoms with Crippen LogP contribution in [0.4, 0.5) is 4.39 Å². The third-order valence-electron chi connectivity index (χ3n) is 3.28. The molecule has 1 aliphatic rings. The summed E-state index contributed by atoms with van der Waals surface area (Å²) < 4.78 is 14.1. The molecule has 0 radical (unpaired) electrons. The quantitative estimate of drug-likeness (QED) is 0.500. The van der Waals surface area contributed by atoms with Gasteiger partial charge in [-0.3, -0.25) is 0 Å². The fourth-order valence-corrected chi connectivity index (χ4v) is 2.35. The molecule has 0 aliphatic heterocycles. The fraction of sp³-hybridized carbons (Fsp3) is 0.188. The van der Waals surface area contributed by atoms with Crippen molar-refractivity contribution in [2.45, 2.75) is 19.5 Å². The Morgan fingerprint density at radius 1 is 1.42 bits per heavy atom. The van der Waals surface area contributed by atoms with Gasteiger partial charge in [-0.15, -0.1) is 0 Å². The van der Waals surface area contributed by atoms with Crippen molar-refractivity contribution in [3.05, 3.63) is 59.2 Å². The minimum atomic E-state index is -0.956. The summed E-state index contributed by atoms with van der Waals surface area (Å²) in [6.07, 6.45) is 6.59. The average molecular weight is 256 g/mol. The number of hydrogen-bond donors (Lipinski definition) is 1. The zero-order valence-electron chi connectivity index (χ0n) is 10.9. The molecule has 19 heavy (non-hydrogen) atoms. The second-order valence-electron chi connectivity index (χ2n) is 4.53. The first-order valence-electron chi connectivity index (χ1n) is 6.19. The van der Waals surface area contributed by atoms with E-state index >= 15 is 0 Å². The highest BCUT2D eigenvalue weighted by atomic mass is 19.1. The van der Waals surface area contributed by atoms with E-state index in [9.17, 15) is 4.39 Å². The van der Waals surface area contributed by atoms with Gasteiger partial charge in [-0.2, -0.15) is 5.10 Å². The van der Waals surface area contributed by atoms with Gasteiger partial charge in [-0.05, 0) is 35.3 Å². The first kappa shape index (κ1) is 13.3. The summed E-state index contributed by atoms with van der Waals surface area (Å²) in [5, 5.41) is 3.54. The maximum atomic E-state index is 14.1. The molecule has 0 saturated carbocycles. The normalized spacial score (nSPS) is 19.2. The van der Waals surface area contributed by atoms with Crippen LogP contribution in [0.25, 0.3) is 11.6 Å². The van der Waals surface area contributed by atoms with Crippen LogP contribution in [-0.2, 0) is 0 Å². The molecule has 98 valence electrons. The highest BCUT2D eigenvalue weighted by molar-refractivity contribution is 5.88. The minimum Gasteiger partial charge on any atom is -0.323 e. The molecule has 1 aromatic rings. The van der Waals surface area contributed by atoms with E-state index in [-0.39, 0.29) is 0 Å². The molecule has 2 rings (SSSR count). The lowest BCUT2D eigenvalue weighted by Gasteiger charge is -2.19. The van der Waals surface area contributed by atoms with Crippen molar-refractivity contribution in [2.24, 2.45) is 10.9 Å². The van der Waals surface area contributed by atoms with Crippen molar-refractivity contribution in [1.82, 2.24) is 0 Å². The van der Waals surface area contributed by atoms with Crippen LogP contribution in [0.2, 0.25) is 0 Å². The molecule has 2 N–H and O–H groups in total. The third-order valence-corrected chi connectivity index (χ3v) is 3.28. The molecule has 0 fully saturated rings. The van der Waals surface area contributed by atoms with E-state index in [0.29, 0.717) is 6.42 Å². The van der Waals surface area contributed by atoms with Crippen molar-refractivity contribution in [2.75, 3.05) is 0 Å². The molecule has 0 aromatic heterocycles. The first-order valence-corrected chi connectivity index (χ1v) is 6.19. The maximum Gasteiger partial charge on any atom is 0.129 e. The van der Waals surface area contributed by atoms with Gasteiger partial charge in [0.2, 0.25) is 0 Å². The van der Waals surface area contributed by atoms with Gasteiger partial charge in [0.05, 0.1) is 6.21 Å². The predicted octanol–water partition coefficient (Wildman–Crippen LogP) is 3.69. The van der Waals surface area contributed by atoms with Gasteiger partial charge in [0.25, 0.3) is 0 Å². The molecule has 2 nitrogen and oxygen atoms in total. The van der Waals surface area contributed by atoms with Crippen LogP contribution in [-0.4, -0.2) is 12.4 Å². The Labute approximate surface area is 112 Å². The zero-order valence-corrected chi connectivity index (χ0v) is 10.9. The lowest BCUT2D eigenvalue weighted by molar-refractivity contribution is 0.412. The van der Waals surface area contributed by atoms with Crippen LogP contribution in [0.5, 0.6) is 0 Å². The molecule has 0 bridgehead atoms. The highest BCUT2D eigenvalue weighted by Crippen LogP contribution is 2.31. The van der Waals surface area contributed by atoms with Gasteiger partial charge >= 0.3 is 0 Å². The molecule has 1 unspecified atom stereocenters. The molecule has 3 heteroatoms. The van der Waals surface area contributed by atoms with Gasteiger partial charge in [0, 0.05) is 12.0 Å².